The standard InChI is InChI=1S/C21H27N5O2/c1-16-5-4-10-26(15-16)20(27)18-8-9-22-21(24-18)23-17-6-2-3-7-19(17)25-11-13-28-14-12-25/h2-3,6-9,16H,4-5,10-15H2,1H3,(H,22,23,24). The van der Waals surface area contributed by atoms with Crippen LogP contribution in [-0.4, -0.2) is 60.2 Å². The highest BCUT2D eigenvalue weighted by Gasteiger charge is 2.23. The highest BCUT2D eigenvalue weighted by molar-refractivity contribution is 5.92. The molecule has 0 aliphatic carbocycles. The third-order valence-electron chi connectivity index (χ3n) is 5.32. The van der Waals surface area contributed by atoms with Gasteiger partial charge in [-0.25, -0.2) is 9.97 Å². The van der Waals surface area contributed by atoms with Crippen molar-refractivity contribution >= 4 is 23.2 Å². The molecule has 2 aliphatic heterocycles. The van der Waals surface area contributed by atoms with Crippen LogP contribution in [-0.2, 0) is 4.74 Å². The number of nitrogens with zero attached hydrogens (tertiary/aromatic N) is 4. The van der Waals surface area contributed by atoms with E-state index in [0.717, 1.165) is 57.2 Å². The summed E-state index contributed by atoms with van der Waals surface area (Å²) in [6.07, 6.45) is 3.88. The van der Waals surface area contributed by atoms with Crippen LogP contribution in [0.4, 0.5) is 17.3 Å². The number of nitrogens with one attached hydrogen (secondary N) is 1. The number of anilines is 3. The second kappa shape index (κ2) is 8.56. The van der Waals surface area contributed by atoms with Crippen molar-refractivity contribution in [2.45, 2.75) is 19.8 Å². The van der Waals surface area contributed by atoms with Crippen LogP contribution >= 0.6 is 0 Å². The SMILES string of the molecule is CC1CCCN(C(=O)c2ccnc(Nc3ccccc3N3CCOCC3)n2)C1. The van der Waals surface area contributed by atoms with Gasteiger partial charge >= 0.3 is 0 Å². The molecule has 2 aromatic rings. The van der Waals surface area contributed by atoms with Crippen molar-refractivity contribution < 1.29 is 9.53 Å². The number of carbonyl (C=O) groups excluding carboxylic acids is 1. The molecule has 2 saturated heterocycles. The van der Waals surface area contributed by atoms with E-state index in [1.807, 2.05) is 23.1 Å². The molecule has 28 heavy (non-hydrogen) atoms. The monoisotopic (exact) mass is 381 g/mol. The highest BCUT2D eigenvalue weighted by atomic mass is 16.5. The van der Waals surface area contributed by atoms with Gasteiger partial charge in [0.05, 0.1) is 24.6 Å². The minimum absolute atomic E-state index is 0.0153. The number of benzene rings is 1. The number of likely N-dealkylation sites (tertiary alicyclic amines) is 1. The van der Waals surface area contributed by atoms with E-state index in [4.69, 9.17) is 4.74 Å². The average molecular weight is 381 g/mol. The summed E-state index contributed by atoms with van der Waals surface area (Å²) < 4.78 is 5.46. The van der Waals surface area contributed by atoms with E-state index >= 15 is 0 Å². The Morgan fingerprint density at radius 2 is 2.00 bits per heavy atom. The van der Waals surface area contributed by atoms with Gasteiger partial charge in [0.2, 0.25) is 5.95 Å². The Morgan fingerprint density at radius 3 is 2.82 bits per heavy atom. The van der Waals surface area contributed by atoms with Gasteiger partial charge in [0.15, 0.2) is 0 Å². The number of piperidine rings is 1. The molecule has 1 atom stereocenters. The molecule has 1 aromatic carbocycles. The maximum atomic E-state index is 12.8. The van der Waals surface area contributed by atoms with E-state index in [1.165, 1.54) is 6.42 Å². The molecule has 4 rings (SSSR count). The van der Waals surface area contributed by atoms with Gasteiger partial charge in [0.1, 0.15) is 5.69 Å². The van der Waals surface area contributed by atoms with Crippen LogP contribution in [0.2, 0.25) is 0 Å². The predicted octanol–water partition coefficient (Wildman–Crippen LogP) is 2.93. The molecule has 7 heteroatoms. The number of amides is 1. The number of hydrogen-bond acceptors (Lipinski definition) is 6. The lowest BCUT2D eigenvalue weighted by molar-refractivity contribution is 0.0677. The van der Waals surface area contributed by atoms with E-state index in [1.54, 1.807) is 12.3 Å². The zero-order chi connectivity index (χ0) is 19.3. The average Bonchev–Trinajstić information content (AvgIpc) is 2.74. The largest absolute Gasteiger partial charge is 0.378 e. The Labute approximate surface area is 165 Å². The van der Waals surface area contributed by atoms with Crippen molar-refractivity contribution in [2.24, 2.45) is 5.92 Å². The van der Waals surface area contributed by atoms with Gasteiger partial charge in [-0.1, -0.05) is 19.1 Å². The van der Waals surface area contributed by atoms with Crippen molar-refractivity contribution in [3.63, 3.8) is 0 Å². The normalized spacial score (nSPS) is 20.1. The minimum atomic E-state index is -0.0153. The van der Waals surface area contributed by atoms with E-state index in [2.05, 4.69) is 33.2 Å². The second-order valence-electron chi connectivity index (χ2n) is 7.51. The molecule has 1 unspecified atom stereocenters. The molecule has 0 spiro atoms. The predicted molar refractivity (Wildman–Crippen MR) is 109 cm³/mol. The number of hydrogen-bond donors (Lipinski definition) is 1. The first-order chi connectivity index (χ1) is 13.7. The smallest absolute Gasteiger partial charge is 0.272 e. The van der Waals surface area contributed by atoms with Crippen molar-refractivity contribution in [3.05, 3.63) is 42.2 Å². The quantitative estimate of drug-likeness (QED) is 0.878. The van der Waals surface area contributed by atoms with Gasteiger partial charge in [0.25, 0.3) is 5.91 Å². The lowest BCUT2D eigenvalue weighted by Crippen LogP contribution is -2.39. The molecular weight excluding hydrogens is 354 g/mol. The first-order valence-corrected chi connectivity index (χ1v) is 10.0. The van der Waals surface area contributed by atoms with Crippen molar-refractivity contribution in [1.29, 1.82) is 0 Å². The van der Waals surface area contributed by atoms with Gasteiger partial charge in [-0.05, 0) is 37.0 Å². The lowest BCUT2D eigenvalue weighted by atomic mass is 10.00. The number of para-hydroxylation sites is 2. The Morgan fingerprint density at radius 1 is 1.18 bits per heavy atom. The lowest BCUT2D eigenvalue weighted by Gasteiger charge is -2.31. The van der Waals surface area contributed by atoms with E-state index in [-0.39, 0.29) is 5.91 Å². The van der Waals surface area contributed by atoms with Crippen LogP contribution in [0.1, 0.15) is 30.3 Å². The van der Waals surface area contributed by atoms with Gasteiger partial charge in [-0.2, -0.15) is 0 Å². The minimum Gasteiger partial charge on any atom is -0.378 e. The fourth-order valence-corrected chi connectivity index (χ4v) is 3.85. The zero-order valence-corrected chi connectivity index (χ0v) is 16.3. The van der Waals surface area contributed by atoms with Crippen LogP contribution in [0, 0.1) is 5.92 Å². The molecule has 0 bridgehead atoms. The second-order valence-corrected chi connectivity index (χ2v) is 7.51. The molecule has 2 fully saturated rings. The van der Waals surface area contributed by atoms with E-state index < -0.39 is 0 Å². The van der Waals surface area contributed by atoms with Gasteiger partial charge in [-0.3, -0.25) is 4.79 Å². The fraction of sp³-hybridized carbons (Fsp3) is 0.476. The highest BCUT2D eigenvalue weighted by Crippen LogP contribution is 2.28. The van der Waals surface area contributed by atoms with Gasteiger partial charge in [-0.15, -0.1) is 0 Å². The third kappa shape index (κ3) is 4.25. The molecule has 7 nitrogen and oxygen atoms in total. The molecule has 1 amide bonds. The summed E-state index contributed by atoms with van der Waals surface area (Å²) in [5.74, 6) is 0.965. The molecule has 1 aromatic heterocycles. The summed E-state index contributed by atoms with van der Waals surface area (Å²) in [6.45, 7) is 6.94. The van der Waals surface area contributed by atoms with E-state index in [9.17, 15) is 4.79 Å². The first kappa shape index (κ1) is 18.7. The fourth-order valence-electron chi connectivity index (χ4n) is 3.85. The Bertz CT molecular complexity index is 822. The van der Waals surface area contributed by atoms with Gasteiger partial charge < -0.3 is 19.9 Å². The number of ether oxygens (including phenoxy) is 1. The number of aromatic nitrogens is 2. The summed E-state index contributed by atoms with van der Waals surface area (Å²) in [7, 11) is 0. The van der Waals surface area contributed by atoms with Gasteiger partial charge in [0, 0.05) is 32.4 Å². The molecule has 1 N–H and O–H groups in total. The van der Waals surface area contributed by atoms with Crippen LogP contribution in [0.15, 0.2) is 36.5 Å². The number of morpholine rings is 1. The number of rotatable bonds is 4. The molecule has 0 saturated carbocycles. The van der Waals surface area contributed by atoms with Crippen LogP contribution in [0.3, 0.4) is 0 Å². The summed E-state index contributed by atoms with van der Waals surface area (Å²) in [5, 5.41) is 3.30. The number of carbonyl (C=O) groups is 1. The van der Waals surface area contributed by atoms with E-state index in [0.29, 0.717) is 17.6 Å². The van der Waals surface area contributed by atoms with Crippen molar-refractivity contribution in [2.75, 3.05) is 49.6 Å². The third-order valence-corrected chi connectivity index (χ3v) is 5.32. The van der Waals surface area contributed by atoms with Crippen LogP contribution in [0.5, 0.6) is 0 Å². The topological polar surface area (TPSA) is 70.6 Å². The summed E-state index contributed by atoms with van der Waals surface area (Å²) in [5.41, 5.74) is 2.46. The molecule has 148 valence electrons. The summed E-state index contributed by atoms with van der Waals surface area (Å²) in [4.78, 5) is 25.9. The van der Waals surface area contributed by atoms with Crippen molar-refractivity contribution in [3.8, 4) is 0 Å². The maximum absolute atomic E-state index is 12.8. The molecule has 2 aliphatic rings. The Hall–Kier alpha value is -2.67. The molecule has 3 heterocycles. The van der Waals surface area contributed by atoms with Crippen LogP contribution in [0.25, 0.3) is 0 Å². The summed E-state index contributed by atoms with van der Waals surface area (Å²) >= 11 is 0. The Kier molecular flexibility index (Phi) is 5.71. The molecule has 0 radical (unpaired) electrons. The zero-order valence-electron chi connectivity index (χ0n) is 16.3. The Balaban J connectivity index is 1.52. The van der Waals surface area contributed by atoms with Crippen molar-refractivity contribution in [1.82, 2.24) is 14.9 Å². The maximum Gasteiger partial charge on any atom is 0.272 e. The molecular formula is C21H27N5O2. The first-order valence-electron chi connectivity index (χ1n) is 10.0. The van der Waals surface area contributed by atoms with Crippen LogP contribution < -0.4 is 10.2 Å². The summed E-state index contributed by atoms with van der Waals surface area (Å²) in [6, 6.07) is 9.79.